The molecule has 4 rings (SSSR count). The molecule has 1 N–H and O–H groups in total. The summed E-state index contributed by atoms with van der Waals surface area (Å²) in [7, 11) is 0. The van der Waals surface area contributed by atoms with E-state index in [4.69, 9.17) is 4.42 Å². The highest BCUT2D eigenvalue weighted by Crippen LogP contribution is 2.41. The second-order valence-corrected chi connectivity index (χ2v) is 6.69. The fourth-order valence-corrected chi connectivity index (χ4v) is 3.51. The molecular weight excluding hydrogens is 342 g/mol. The number of hydrogen-bond acceptors (Lipinski definition) is 4. The number of phenolic OH excluding ortho intramolecular Hbond substituents is 1. The van der Waals surface area contributed by atoms with Crippen LogP contribution < -0.4 is 0 Å². The van der Waals surface area contributed by atoms with Crippen LogP contribution in [0.1, 0.15) is 29.5 Å². The summed E-state index contributed by atoms with van der Waals surface area (Å²) in [5.74, 6) is 1.67. The van der Waals surface area contributed by atoms with E-state index in [1.54, 1.807) is 36.8 Å². The molecule has 6 nitrogen and oxygen atoms in total. The number of carbonyl (C=O) groups is 1. The van der Waals surface area contributed by atoms with E-state index in [9.17, 15) is 9.90 Å². The van der Waals surface area contributed by atoms with Gasteiger partial charge in [-0.05, 0) is 48.7 Å². The Morgan fingerprint density at radius 1 is 1.22 bits per heavy atom. The largest absolute Gasteiger partial charge is 0.508 e. The van der Waals surface area contributed by atoms with Gasteiger partial charge in [0.15, 0.2) is 0 Å². The van der Waals surface area contributed by atoms with Crippen molar-refractivity contribution in [3.8, 4) is 5.75 Å². The van der Waals surface area contributed by atoms with Gasteiger partial charge in [-0.2, -0.15) is 0 Å². The number of amides is 1. The first-order valence-electron chi connectivity index (χ1n) is 8.95. The first-order valence-corrected chi connectivity index (χ1v) is 8.95. The minimum atomic E-state index is -0.296. The lowest BCUT2D eigenvalue weighted by Gasteiger charge is -2.26. The third-order valence-electron chi connectivity index (χ3n) is 4.75. The van der Waals surface area contributed by atoms with Crippen molar-refractivity contribution in [1.82, 2.24) is 14.5 Å². The van der Waals surface area contributed by atoms with Gasteiger partial charge in [-0.15, -0.1) is 0 Å². The average Bonchev–Trinajstić information content (AvgIpc) is 3.37. The van der Waals surface area contributed by atoms with Crippen LogP contribution in [0, 0.1) is 6.92 Å². The first kappa shape index (κ1) is 17.1. The molecule has 1 aliphatic heterocycles. The summed E-state index contributed by atoms with van der Waals surface area (Å²) in [5.41, 5.74) is 1.66. The second-order valence-electron chi connectivity index (χ2n) is 6.69. The highest BCUT2D eigenvalue weighted by Gasteiger charge is 2.36. The molecule has 0 fully saturated rings. The molecule has 0 saturated carbocycles. The average molecular weight is 363 g/mol. The first-order chi connectivity index (χ1) is 13.1. The van der Waals surface area contributed by atoms with Gasteiger partial charge in [0, 0.05) is 31.6 Å². The molecule has 0 spiro atoms. The number of hydrogen-bond donors (Lipinski definition) is 1. The number of imidazole rings is 1. The number of rotatable bonds is 6. The van der Waals surface area contributed by atoms with E-state index in [2.05, 4.69) is 4.98 Å². The highest BCUT2D eigenvalue weighted by molar-refractivity contribution is 6.02. The maximum Gasteiger partial charge on any atom is 0.247 e. The summed E-state index contributed by atoms with van der Waals surface area (Å²) in [6.45, 7) is 3.27. The van der Waals surface area contributed by atoms with Crippen LogP contribution in [0.4, 0.5) is 0 Å². The molecule has 1 atom stereocenters. The zero-order valence-corrected chi connectivity index (χ0v) is 15.1. The summed E-state index contributed by atoms with van der Waals surface area (Å²) in [5, 5.41) is 9.86. The molecule has 1 amide bonds. The van der Waals surface area contributed by atoms with Crippen molar-refractivity contribution in [3.05, 3.63) is 78.3 Å². The van der Waals surface area contributed by atoms with Gasteiger partial charge in [0.1, 0.15) is 23.3 Å². The van der Waals surface area contributed by atoms with Crippen molar-refractivity contribution in [2.75, 3.05) is 6.54 Å². The van der Waals surface area contributed by atoms with Crippen molar-refractivity contribution in [3.63, 3.8) is 0 Å². The van der Waals surface area contributed by atoms with Crippen LogP contribution in [0.15, 0.2) is 65.6 Å². The topological polar surface area (TPSA) is 71.5 Å². The standard InChI is InChI=1S/C21H21N3O3/c1-15-6-7-19(27-15)21-18(16-4-2-5-17(25)12-16)13-20(26)24(21)10-3-9-23-11-8-22-14-23/h2,4-8,11-14,21,25H,3,9-10H2,1H3. The summed E-state index contributed by atoms with van der Waals surface area (Å²) >= 11 is 0. The van der Waals surface area contributed by atoms with Crippen LogP contribution >= 0.6 is 0 Å². The molecule has 1 aliphatic rings. The molecule has 138 valence electrons. The number of aromatic nitrogens is 2. The minimum absolute atomic E-state index is 0.0435. The monoisotopic (exact) mass is 363 g/mol. The number of aryl methyl sites for hydroxylation is 2. The van der Waals surface area contributed by atoms with E-state index in [1.165, 1.54) is 0 Å². The van der Waals surface area contributed by atoms with Gasteiger partial charge in [-0.3, -0.25) is 4.79 Å². The van der Waals surface area contributed by atoms with Crippen LogP contribution in [0.25, 0.3) is 5.57 Å². The predicted octanol–water partition coefficient (Wildman–Crippen LogP) is 3.55. The summed E-state index contributed by atoms with van der Waals surface area (Å²) < 4.78 is 7.86. The van der Waals surface area contributed by atoms with Crippen molar-refractivity contribution < 1.29 is 14.3 Å². The van der Waals surface area contributed by atoms with E-state index in [0.717, 1.165) is 35.6 Å². The van der Waals surface area contributed by atoms with Crippen molar-refractivity contribution >= 4 is 11.5 Å². The lowest BCUT2D eigenvalue weighted by Crippen LogP contribution is -2.30. The number of furan rings is 1. The van der Waals surface area contributed by atoms with E-state index in [1.807, 2.05) is 40.8 Å². The molecular formula is C21H21N3O3. The fourth-order valence-electron chi connectivity index (χ4n) is 3.51. The van der Waals surface area contributed by atoms with Gasteiger partial charge >= 0.3 is 0 Å². The third-order valence-corrected chi connectivity index (χ3v) is 4.75. The Balaban J connectivity index is 1.61. The van der Waals surface area contributed by atoms with Crippen molar-refractivity contribution in [2.45, 2.75) is 25.9 Å². The molecule has 0 bridgehead atoms. The Kier molecular flexibility index (Phi) is 4.54. The lowest BCUT2D eigenvalue weighted by atomic mass is 9.98. The van der Waals surface area contributed by atoms with Crippen LogP contribution in [0.5, 0.6) is 5.75 Å². The van der Waals surface area contributed by atoms with Crippen molar-refractivity contribution in [1.29, 1.82) is 0 Å². The molecule has 2 aromatic heterocycles. The van der Waals surface area contributed by atoms with Gasteiger partial charge in [-0.1, -0.05) is 12.1 Å². The van der Waals surface area contributed by atoms with Gasteiger partial charge in [0.25, 0.3) is 0 Å². The van der Waals surface area contributed by atoms with Crippen LogP contribution in [0.2, 0.25) is 0 Å². The van der Waals surface area contributed by atoms with E-state index in [-0.39, 0.29) is 17.7 Å². The van der Waals surface area contributed by atoms with E-state index < -0.39 is 0 Å². The molecule has 1 aromatic carbocycles. The highest BCUT2D eigenvalue weighted by atomic mass is 16.3. The normalized spacial score (nSPS) is 16.8. The Bertz CT molecular complexity index is 972. The van der Waals surface area contributed by atoms with Crippen LogP contribution in [-0.2, 0) is 11.3 Å². The Morgan fingerprint density at radius 2 is 2.11 bits per heavy atom. The zero-order chi connectivity index (χ0) is 18.8. The Morgan fingerprint density at radius 3 is 2.81 bits per heavy atom. The molecule has 3 heterocycles. The molecule has 0 saturated heterocycles. The predicted molar refractivity (Wildman–Crippen MR) is 101 cm³/mol. The number of phenols is 1. The summed E-state index contributed by atoms with van der Waals surface area (Å²) in [4.78, 5) is 18.6. The van der Waals surface area contributed by atoms with Crippen LogP contribution in [-0.4, -0.2) is 32.0 Å². The quantitative estimate of drug-likeness (QED) is 0.727. The Labute approximate surface area is 157 Å². The molecule has 0 aliphatic carbocycles. The molecule has 0 radical (unpaired) electrons. The minimum Gasteiger partial charge on any atom is -0.508 e. The molecule has 1 unspecified atom stereocenters. The fraction of sp³-hybridized carbons (Fsp3) is 0.238. The number of carbonyl (C=O) groups excluding carboxylic acids is 1. The molecule has 27 heavy (non-hydrogen) atoms. The van der Waals surface area contributed by atoms with E-state index in [0.29, 0.717) is 6.54 Å². The van der Waals surface area contributed by atoms with Crippen LogP contribution in [0.3, 0.4) is 0 Å². The smallest absolute Gasteiger partial charge is 0.247 e. The van der Waals surface area contributed by atoms with E-state index >= 15 is 0 Å². The maximum atomic E-state index is 12.8. The molecule has 3 aromatic rings. The Hall–Kier alpha value is -3.28. The number of benzene rings is 1. The van der Waals surface area contributed by atoms with Crippen molar-refractivity contribution in [2.24, 2.45) is 0 Å². The SMILES string of the molecule is Cc1ccc(C2C(c3cccc(O)c3)=CC(=O)N2CCCn2ccnc2)o1. The maximum absolute atomic E-state index is 12.8. The lowest BCUT2D eigenvalue weighted by molar-refractivity contribution is -0.126. The van der Waals surface area contributed by atoms with Gasteiger partial charge in [0.2, 0.25) is 5.91 Å². The third kappa shape index (κ3) is 3.51. The summed E-state index contributed by atoms with van der Waals surface area (Å²) in [6.07, 6.45) is 7.89. The number of nitrogens with zero attached hydrogens (tertiary/aromatic N) is 3. The van der Waals surface area contributed by atoms with Gasteiger partial charge in [-0.25, -0.2) is 4.98 Å². The number of aromatic hydroxyl groups is 1. The zero-order valence-electron chi connectivity index (χ0n) is 15.1. The molecule has 6 heteroatoms. The van der Waals surface area contributed by atoms with Gasteiger partial charge < -0.3 is 19.0 Å². The summed E-state index contributed by atoms with van der Waals surface area (Å²) in [6, 6.07) is 10.5. The second kappa shape index (κ2) is 7.15. The van der Waals surface area contributed by atoms with Gasteiger partial charge in [0.05, 0.1) is 6.33 Å².